The Labute approximate surface area is 288 Å². The zero-order valence-corrected chi connectivity index (χ0v) is 29.1. The average Bonchev–Trinajstić information content (AvgIpc) is 3.08. The first kappa shape index (κ1) is 40.3. The topological polar surface area (TPSA) is 177 Å². The van der Waals surface area contributed by atoms with Gasteiger partial charge in [-0.25, -0.2) is 4.79 Å². The number of aliphatic hydroxyl groups excluding tert-OH is 2. The highest BCUT2D eigenvalue weighted by atomic mass is 16.7. The second kappa shape index (κ2) is 19.3. The van der Waals surface area contributed by atoms with Gasteiger partial charge in [0.2, 0.25) is 5.79 Å². The Balaban J connectivity index is 2.01. The van der Waals surface area contributed by atoms with E-state index in [1.165, 1.54) is 21.1 Å². The number of carbonyl (C=O) groups is 3. The maximum atomic E-state index is 12.7. The summed E-state index contributed by atoms with van der Waals surface area (Å²) in [5, 5.41) is 32.7. The number of ether oxygens (including phenoxy) is 7. The third-order valence-electron chi connectivity index (χ3n) is 8.75. The highest BCUT2D eigenvalue weighted by Crippen LogP contribution is 2.41. The SMILES string of the molecule is COC(=O)/C=C1\CCC[C@H](CO)OC(=O)C[C@H](O)CCO[C@H](c2ccccc2)C[C@@H]2CCO[C@H](/C=C/C(C)(C)[C@](O)(OC)[C@H]1OC(C)=O)O2. The summed E-state index contributed by atoms with van der Waals surface area (Å²) in [5.74, 6) is -4.41. The van der Waals surface area contributed by atoms with Crippen molar-refractivity contribution in [2.75, 3.05) is 34.0 Å². The summed E-state index contributed by atoms with van der Waals surface area (Å²) in [7, 11) is 2.45. The number of fused-ring (bicyclic) bond motifs is 2. The Hall–Kier alpha value is -3.17. The predicted molar refractivity (Wildman–Crippen MR) is 176 cm³/mol. The molecule has 2 aliphatic rings. The molecule has 13 heteroatoms. The zero-order valence-electron chi connectivity index (χ0n) is 29.1. The fourth-order valence-corrected chi connectivity index (χ4v) is 5.90. The van der Waals surface area contributed by atoms with Crippen LogP contribution in [0, 0.1) is 5.41 Å². The van der Waals surface area contributed by atoms with E-state index in [2.05, 4.69) is 0 Å². The fourth-order valence-electron chi connectivity index (χ4n) is 5.90. The Morgan fingerprint density at radius 1 is 1.06 bits per heavy atom. The van der Waals surface area contributed by atoms with Crippen molar-refractivity contribution in [2.45, 2.75) is 108 Å². The molecule has 0 spiro atoms. The van der Waals surface area contributed by atoms with E-state index in [4.69, 9.17) is 33.2 Å². The standard InChI is InChI=1S/C36H52O13/c1-24(38)47-34-26(20-31(40)43-4)12-9-13-29(23-37)48-32(41)21-27(39)15-18-45-30(25-10-7-6-8-11-25)22-28-16-19-46-33(49-28)14-17-35(2,3)36(34,42)44-5/h6-8,10-11,14,17,20,27-30,33-34,37,39,42H,9,12-13,15-16,18-19,21-23H2,1-5H3/b17-14+,26-20+/t27-,28+,29-,30+,33+,34+,36-/m1/s1. The van der Waals surface area contributed by atoms with E-state index in [9.17, 15) is 29.7 Å². The molecule has 7 atom stereocenters. The van der Waals surface area contributed by atoms with Crippen LogP contribution in [0.3, 0.4) is 0 Å². The van der Waals surface area contributed by atoms with Crippen LogP contribution in [-0.2, 0) is 47.5 Å². The first-order valence-corrected chi connectivity index (χ1v) is 16.7. The number of carbonyl (C=O) groups excluding carboxylic acids is 3. The first-order valence-electron chi connectivity index (χ1n) is 16.7. The minimum Gasteiger partial charge on any atom is -0.466 e. The van der Waals surface area contributed by atoms with Crippen molar-refractivity contribution in [2.24, 2.45) is 5.41 Å². The van der Waals surface area contributed by atoms with Crippen molar-refractivity contribution in [3.8, 4) is 0 Å². The van der Waals surface area contributed by atoms with E-state index in [0.29, 0.717) is 19.4 Å². The van der Waals surface area contributed by atoms with Crippen LogP contribution in [0.5, 0.6) is 0 Å². The van der Waals surface area contributed by atoms with Crippen molar-refractivity contribution in [1.82, 2.24) is 0 Å². The largest absolute Gasteiger partial charge is 0.466 e. The molecule has 1 fully saturated rings. The Kier molecular flexibility index (Phi) is 15.8. The molecule has 1 aromatic carbocycles. The molecule has 0 radical (unpaired) electrons. The number of methoxy groups -OCH3 is 2. The number of esters is 3. The van der Waals surface area contributed by atoms with Crippen LogP contribution in [0.2, 0.25) is 0 Å². The number of aliphatic hydroxyl groups is 3. The summed E-state index contributed by atoms with van der Waals surface area (Å²) >= 11 is 0. The van der Waals surface area contributed by atoms with Crippen LogP contribution in [0.4, 0.5) is 0 Å². The lowest BCUT2D eigenvalue weighted by atomic mass is 9.76. The molecule has 2 aliphatic heterocycles. The molecule has 0 saturated carbocycles. The number of hydrogen-bond donors (Lipinski definition) is 3. The Morgan fingerprint density at radius 2 is 1.78 bits per heavy atom. The first-order chi connectivity index (χ1) is 23.3. The van der Waals surface area contributed by atoms with Crippen LogP contribution < -0.4 is 0 Å². The van der Waals surface area contributed by atoms with Gasteiger partial charge in [-0.2, -0.15) is 0 Å². The Bertz CT molecular complexity index is 1260. The number of rotatable bonds is 5. The molecule has 3 N–H and O–H groups in total. The third-order valence-corrected chi connectivity index (χ3v) is 8.75. The predicted octanol–water partition coefficient (Wildman–Crippen LogP) is 3.44. The molecule has 274 valence electrons. The molecule has 13 nitrogen and oxygen atoms in total. The maximum absolute atomic E-state index is 12.7. The minimum absolute atomic E-state index is 0.0611. The number of benzene rings is 1. The molecule has 1 saturated heterocycles. The van der Waals surface area contributed by atoms with Gasteiger partial charge in [-0.3, -0.25) is 9.59 Å². The molecular formula is C36H52O13. The lowest BCUT2D eigenvalue weighted by molar-refractivity contribution is -0.283. The van der Waals surface area contributed by atoms with Gasteiger partial charge in [0.1, 0.15) is 6.10 Å². The number of hydrogen-bond acceptors (Lipinski definition) is 13. The maximum Gasteiger partial charge on any atom is 0.330 e. The molecule has 49 heavy (non-hydrogen) atoms. The highest BCUT2D eigenvalue weighted by molar-refractivity contribution is 5.83. The van der Waals surface area contributed by atoms with Crippen molar-refractivity contribution in [3.63, 3.8) is 0 Å². The smallest absolute Gasteiger partial charge is 0.330 e. The quantitative estimate of drug-likeness (QED) is 0.135. The van der Waals surface area contributed by atoms with Gasteiger partial charge in [0.05, 0.1) is 45.1 Å². The molecule has 0 aromatic heterocycles. The van der Waals surface area contributed by atoms with Crippen molar-refractivity contribution in [3.05, 3.63) is 59.7 Å². The van der Waals surface area contributed by atoms with Gasteiger partial charge in [0, 0.05) is 38.6 Å². The lowest BCUT2D eigenvalue weighted by Crippen LogP contribution is -2.57. The van der Waals surface area contributed by atoms with Crippen LogP contribution in [0.15, 0.2) is 54.1 Å². The lowest BCUT2D eigenvalue weighted by Gasteiger charge is -2.45. The second-order valence-corrected chi connectivity index (χ2v) is 12.8. The molecule has 0 amide bonds. The van der Waals surface area contributed by atoms with Crippen LogP contribution in [-0.4, -0.2) is 104 Å². The van der Waals surface area contributed by atoms with E-state index >= 15 is 0 Å². The van der Waals surface area contributed by atoms with E-state index in [-0.39, 0.29) is 56.5 Å². The highest BCUT2D eigenvalue weighted by Gasteiger charge is 2.52. The average molecular weight is 693 g/mol. The zero-order chi connectivity index (χ0) is 36.0. The van der Waals surface area contributed by atoms with Crippen molar-refractivity contribution < 1.29 is 62.9 Å². The van der Waals surface area contributed by atoms with Crippen molar-refractivity contribution >= 4 is 17.9 Å². The summed E-state index contributed by atoms with van der Waals surface area (Å²) < 4.78 is 40.0. The van der Waals surface area contributed by atoms with Crippen LogP contribution in [0.1, 0.15) is 77.4 Å². The summed E-state index contributed by atoms with van der Waals surface area (Å²) in [5.41, 5.74) is -0.170. The molecule has 0 unspecified atom stereocenters. The summed E-state index contributed by atoms with van der Waals surface area (Å²) in [4.78, 5) is 37.6. The molecule has 0 aliphatic carbocycles. The fraction of sp³-hybridized carbons (Fsp3) is 0.639. The summed E-state index contributed by atoms with van der Waals surface area (Å²) in [6, 6.07) is 9.62. The molecule has 2 bridgehead atoms. The van der Waals surface area contributed by atoms with E-state index in [1.807, 2.05) is 30.3 Å². The van der Waals surface area contributed by atoms with E-state index < -0.39 is 60.3 Å². The van der Waals surface area contributed by atoms with E-state index in [1.54, 1.807) is 26.0 Å². The van der Waals surface area contributed by atoms with E-state index in [0.717, 1.165) is 11.6 Å². The van der Waals surface area contributed by atoms with Gasteiger partial charge in [0.15, 0.2) is 12.4 Å². The van der Waals surface area contributed by atoms with Gasteiger partial charge in [-0.05, 0) is 49.3 Å². The van der Waals surface area contributed by atoms with Crippen molar-refractivity contribution in [1.29, 1.82) is 0 Å². The van der Waals surface area contributed by atoms with Crippen LogP contribution in [0.25, 0.3) is 0 Å². The van der Waals surface area contributed by atoms with Gasteiger partial charge < -0.3 is 48.5 Å². The van der Waals surface area contributed by atoms with Crippen LogP contribution >= 0.6 is 0 Å². The monoisotopic (exact) mass is 692 g/mol. The van der Waals surface area contributed by atoms with Gasteiger partial charge in [-0.1, -0.05) is 50.3 Å². The van der Waals surface area contributed by atoms with Gasteiger partial charge in [0.25, 0.3) is 0 Å². The molecule has 1 aromatic rings. The summed E-state index contributed by atoms with van der Waals surface area (Å²) in [6.07, 6.45) is 0.970. The number of cyclic esters (lactones) is 1. The molecule has 2 heterocycles. The molecular weight excluding hydrogens is 640 g/mol. The Morgan fingerprint density at radius 3 is 2.43 bits per heavy atom. The third kappa shape index (κ3) is 12.0. The van der Waals surface area contributed by atoms with Gasteiger partial charge in [-0.15, -0.1) is 0 Å². The van der Waals surface area contributed by atoms with Gasteiger partial charge >= 0.3 is 17.9 Å². The summed E-state index contributed by atoms with van der Waals surface area (Å²) in [6.45, 7) is 4.60. The minimum atomic E-state index is -2.22. The molecule has 3 rings (SSSR count). The normalized spacial score (nSPS) is 32.5. The second-order valence-electron chi connectivity index (χ2n) is 12.8.